The minimum atomic E-state index is -0.352. The molecule has 4 amide bonds. The Hall–Kier alpha value is -5.58. The van der Waals surface area contributed by atoms with Crippen molar-refractivity contribution in [2.45, 2.75) is 70.1 Å². The van der Waals surface area contributed by atoms with Crippen molar-refractivity contribution in [2.75, 3.05) is 41.5 Å². The number of benzene rings is 3. The second-order valence-electron chi connectivity index (χ2n) is 15.8. The fourth-order valence-electron chi connectivity index (χ4n) is 7.23. The normalized spacial score (nSPS) is 14.2. The summed E-state index contributed by atoms with van der Waals surface area (Å²) in [5.74, 6) is 1.10. The summed E-state index contributed by atoms with van der Waals surface area (Å²) in [6.45, 7) is 6.76. The SMILES string of the molecule is CCC(=O)CCCSSC(C)(C)CNC(=O)c1cc2cc(NC(=O)c3cc(NC(=O)CCCOc4cc5c(cc4OC)C(=O)N4c6ccccc6C[C@H]4C=N5)cn3C)ccc2s1. The Kier molecular flexibility index (Phi) is 14.1. The molecule has 7 rings (SSSR count). The largest absolute Gasteiger partial charge is 0.493 e. The van der Waals surface area contributed by atoms with Gasteiger partial charge in [0.1, 0.15) is 11.5 Å². The molecule has 0 unspecified atom stereocenters. The number of ketones is 1. The first kappa shape index (κ1) is 44.5. The molecule has 2 aromatic heterocycles. The number of anilines is 3. The molecule has 0 radical (unpaired) electrons. The number of fused-ring (bicyclic) bond motifs is 5. The Balaban J connectivity index is 0.874. The van der Waals surface area contributed by atoms with E-state index in [1.165, 1.54) is 18.4 Å². The van der Waals surface area contributed by atoms with Crippen LogP contribution in [0, 0.1) is 0 Å². The summed E-state index contributed by atoms with van der Waals surface area (Å²) >= 11 is 1.39. The van der Waals surface area contributed by atoms with Gasteiger partial charge in [-0.1, -0.05) is 46.7 Å². The summed E-state index contributed by atoms with van der Waals surface area (Å²) in [5.41, 5.74) is 4.32. The topological polar surface area (TPSA) is 160 Å². The van der Waals surface area contributed by atoms with Gasteiger partial charge in [-0.05, 0) is 80.1 Å². The monoisotopic (exact) mass is 894 g/mol. The van der Waals surface area contributed by atoms with Crippen molar-refractivity contribution in [3.05, 3.63) is 94.6 Å². The van der Waals surface area contributed by atoms with Gasteiger partial charge in [-0.15, -0.1) is 11.3 Å². The summed E-state index contributed by atoms with van der Waals surface area (Å²) in [7, 11) is 6.68. The number of para-hydroxylation sites is 1. The third-order valence-corrected chi connectivity index (χ3v) is 15.0. The summed E-state index contributed by atoms with van der Waals surface area (Å²) in [6.07, 6.45) is 6.79. The van der Waals surface area contributed by atoms with Gasteiger partial charge in [-0.3, -0.25) is 33.9 Å². The molecule has 3 aromatic carbocycles. The fourth-order valence-corrected chi connectivity index (χ4v) is 10.7. The average molecular weight is 895 g/mol. The molecule has 13 nitrogen and oxygen atoms in total. The maximum absolute atomic E-state index is 13.7. The highest BCUT2D eigenvalue weighted by atomic mass is 33.1. The second-order valence-corrected chi connectivity index (χ2v) is 20.0. The van der Waals surface area contributed by atoms with Gasteiger partial charge in [-0.2, -0.15) is 0 Å². The van der Waals surface area contributed by atoms with Crippen molar-refractivity contribution < 1.29 is 33.4 Å². The van der Waals surface area contributed by atoms with E-state index >= 15 is 0 Å². The fraction of sp³-hybridized carbons (Fsp3) is 0.348. The van der Waals surface area contributed by atoms with E-state index in [4.69, 9.17) is 9.47 Å². The lowest BCUT2D eigenvalue weighted by molar-refractivity contribution is -0.119. The van der Waals surface area contributed by atoms with Gasteiger partial charge in [0.05, 0.1) is 41.6 Å². The molecule has 1 atom stereocenters. The number of rotatable bonds is 19. The van der Waals surface area contributed by atoms with Crippen LogP contribution in [0.5, 0.6) is 11.5 Å². The Bertz CT molecular complexity index is 2550. The molecule has 3 N–H and O–H groups in total. The number of ether oxygens (including phenoxy) is 2. The zero-order valence-electron chi connectivity index (χ0n) is 35.4. The Morgan fingerprint density at radius 2 is 1.77 bits per heavy atom. The standard InChI is InChI=1S/C46H50N6O7S3/c1-6-33(53)12-10-18-60-62-46(2,3)27-48-44(56)41-21-29-19-30(15-16-40(29)61-41)50-43(55)37-22-31(26-51(37)4)49-42(54)14-9-17-59-39-24-35-34(23-38(39)58-5)45(57)52-32(25-47-35)20-28-11-7-8-13-36(28)52/h7-8,11,13,15-16,19,21-26,32H,6,9-10,12,14,17-18,20,27H2,1-5H3,(H,48,56)(H,49,54)(H,50,55)/t32-/m0/s1. The first-order valence-electron chi connectivity index (χ1n) is 20.5. The Morgan fingerprint density at radius 1 is 0.952 bits per heavy atom. The number of nitrogens with one attached hydrogen (secondary N) is 3. The Labute approximate surface area is 372 Å². The molecule has 0 fully saturated rings. The van der Waals surface area contributed by atoms with Crippen molar-refractivity contribution in [2.24, 2.45) is 12.0 Å². The molecule has 0 saturated heterocycles. The van der Waals surface area contributed by atoms with Crippen molar-refractivity contribution in [3.8, 4) is 11.5 Å². The molecular formula is C46H50N6O7S3. The van der Waals surface area contributed by atoms with Crippen LogP contribution in [0.1, 0.15) is 89.0 Å². The van der Waals surface area contributed by atoms with Crippen molar-refractivity contribution in [3.63, 3.8) is 0 Å². The van der Waals surface area contributed by atoms with Crippen molar-refractivity contribution in [1.82, 2.24) is 9.88 Å². The number of aromatic nitrogens is 1. The summed E-state index contributed by atoms with van der Waals surface area (Å²) < 4.78 is 14.0. The van der Waals surface area contributed by atoms with Gasteiger partial charge in [0.15, 0.2) is 11.5 Å². The number of hydrogen-bond acceptors (Lipinski definition) is 11. The van der Waals surface area contributed by atoms with Crippen LogP contribution in [0.15, 0.2) is 77.9 Å². The molecule has 2 aliphatic rings. The van der Waals surface area contributed by atoms with E-state index in [1.807, 2.05) is 49.4 Å². The number of Topliss-reactive ketones (excluding diaryl/α,β-unsaturated/α-hetero) is 1. The van der Waals surface area contributed by atoms with Gasteiger partial charge in [0.25, 0.3) is 17.7 Å². The van der Waals surface area contributed by atoms with E-state index in [2.05, 4.69) is 34.8 Å². The maximum Gasteiger partial charge on any atom is 0.272 e. The average Bonchev–Trinajstić information content (AvgIpc) is 3.94. The number of methoxy groups -OCH3 is 1. The van der Waals surface area contributed by atoms with Crippen LogP contribution in [-0.4, -0.2) is 77.0 Å². The number of carbonyl (C=O) groups is 5. The highest BCUT2D eigenvalue weighted by molar-refractivity contribution is 8.77. The number of amides is 4. The zero-order valence-corrected chi connectivity index (χ0v) is 37.8. The molecule has 2 aliphatic heterocycles. The quantitative estimate of drug-likeness (QED) is 0.0543. The number of thiophene rings is 1. The number of carbonyl (C=O) groups excluding carboxylic acids is 5. The highest BCUT2D eigenvalue weighted by Crippen LogP contribution is 2.41. The van der Waals surface area contributed by atoms with E-state index in [9.17, 15) is 24.0 Å². The molecule has 0 bridgehead atoms. The predicted molar refractivity (Wildman–Crippen MR) is 251 cm³/mol. The van der Waals surface area contributed by atoms with E-state index in [0.717, 1.165) is 33.5 Å². The van der Waals surface area contributed by atoms with Gasteiger partial charge < -0.3 is 30.0 Å². The lowest BCUT2D eigenvalue weighted by Crippen LogP contribution is -2.37. The number of nitrogens with zero attached hydrogens (tertiary/aromatic N) is 3. The molecule has 324 valence electrons. The van der Waals surface area contributed by atoms with Crippen molar-refractivity contribution >= 4 is 101 Å². The molecule has 16 heteroatoms. The smallest absolute Gasteiger partial charge is 0.272 e. The van der Waals surface area contributed by atoms with Crippen molar-refractivity contribution in [1.29, 1.82) is 0 Å². The summed E-state index contributed by atoms with van der Waals surface area (Å²) in [4.78, 5) is 71.6. The minimum absolute atomic E-state index is 0.150. The van der Waals surface area contributed by atoms with Crippen LogP contribution in [0.25, 0.3) is 10.1 Å². The van der Waals surface area contributed by atoms with E-state index in [1.54, 1.807) is 74.8 Å². The number of hydrogen-bond donors (Lipinski definition) is 3. The zero-order chi connectivity index (χ0) is 44.0. The van der Waals surface area contributed by atoms with Gasteiger partial charge in [0.2, 0.25) is 5.91 Å². The van der Waals surface area contributed by atoms with Crippen LogP contribution in [0.2, 0.25) is 0 Å². The van der Waals surface area contributed by atoms with Gasteiger partial charge >= 0.3 is 0 Å². The third kappa shape index (κ3) is 10.5. The molecule has 0 spiro atoms. The van der Waals surface area contributed by atoms with Gasteiger partial charge in [0, 0.05) is 84.3 Å². The maximum atomic E-state index is 13.7. The van der Waals surface area contributed by atoms with E-state index in [-0.39, 0.29) is 53.2 Å². The molecule has 5 aromatic rings. The first-order valence-corrected chi connectivity index (χ1v) is 23.7. The summed E-state index contributed by atoms with van der Waals surface area (Å²) in [6, 6.07) is 20.0. The van der Waals surface area contributed by atoms with Crippen LogP contribution in [0.4, 0.5) is 22.7 Å². The first-order chi connectivity index (χ1) is 29.8. The number of aryl methyl sites for hydroxylation is 1. The van der Waals surface area contributed by atoms with Crippen LogP contribution >= 0.6 is 32.9 Å². The van der Waals surface area contributed by atoms with E-state index in [0.29, 0.717) is 76.9 Å². The minimum Gasteiger partial charge on any atom is -0.493 e. The Morgan fingerprint density at radius 3 is 2.58 bits per heavy atom. The van der Waals surface area contributed by atoms with Crippen LogP contribution in [-0.2, 0) is 23.1 Å². The van der Waals surface area contributed by atoms with Gasteiger partial charge in [-0.25, -0.2) is 0 Å². The molecule has 62 heavy (non-hydrogen) atoms. The lowest BCUT2D eigenvalue weighted by Gasteiger charge is -2.23. The summed E-state index contributed by atoms with van der Waals surface area (Å²) in [5, 5.41) is 9.70. The van der Waals surface area contributed by atoms with E-state index < -0.39 is 0 Å². The van der Waals surface area contributed by atoms with Crippen LogP contribution in [0.3, 0.4) is 0 Å². The van der Waals surface area contributed by atoms with Crippen LogP contribution < -0.4 is 30.3 Å². The number of aliphatic imine (C=N–C) groups is 1. The molecule has 0 saturated carbocycles. The second kappa shape index (κ2) is 19.6. The highest BCUT2D eigenvalue weighted by Gasteiger charge is 2.36. The molecular weight excluding hydrogens is 845 g/mol. The third-order valence-electron chi connectivity index (χ3n) is 10.5. The molecule has 0 aliphatic carbocycles. The predicted octanol–water partition coefficient (Wildman–Crippen LogP) is 9.23. The molecule has 4 heterocycles. The lowest BCUT2D eigenvalue weighted by atomic mass is 10.1.